The molecule has 3 rings (SSSR count). The van der Waals surface area contributed by atoms with Crippen LogP contribution >= 0.6 is 15.9 Å². The maximum Gasteiger partial charge on any atom is 0.139 e. The minimum atomic E-state index is 0.425. The highest BCUT2D eigenvalue weighted by molar-refractivity contribution is 9.10. The normalized spacial score (nSPS) is 13.8. The Hall–Kier alpha value is -2.13. The van der Waals surface area contributed by atoms with Crippen molar-refractivity contribution in [2.75, 3.05) is 11.1 Å². The van der Waals surface area contributed by atoms with Crippen molar-refractivity contribution in [1.29, 1.82) is 5.26 Å². The molecule has 1 aliphatic rings. The van der Waals surface area contributed by atoms with E-state index >= 15 is 0 Å². The number of hydrogen-bond donors (Lipinski definition) is 2. The first kappa shape index (κ1) is 13.8. The van der Waals surface area contributed by atoms with Crippen LogP contribution in [-0.4, -0.2) is 9.97 Å². The standard InChI is InChI=1S/C15H14BrN5/c1-8-13(18)20-15(9-2-3-9)21-14(8)19-12-5-4-11(16)6-10(12)7-17/h4-6,9H,2-3H2,1H3,(H3,18,19,20,21). The number of nitrogens with one attached hydrogen (secondary N) is 1. The molecule has 3 N–H and O–H groups in total. The van der Waals surface area contributed by atoms with Gasteiger partial charge in [-0.25, -0.2) is 9.97 Å². The quantitative estimate of drug-likeness (QED) is 0.888. The van der Waals surface area contributed by atoms with E-state index in [1.54, 1.807) is 6.07 Å². The molecule has 0 spiro atoms. The van der Waals surface area contributed by atoms with Crippen molar-refractivity contribution < 1.29 is 0 Å². The number of benzene rings is 1. The zero-order valence-corrected chi connectivity index (χ0v) is 13.1. The molecule has 0 atom stereocenters. The molecular weight excluding hydrogens is 330 g/mol. The number of nitriles is 1. The third kappa shape index (κ3) is 2.83. The minimum Gasteiger partial charge on any atom is -0.383 e. The van der Waals surface area contributed by atoms with Crippen LogP contribution in [0.4, 0.5) is 17.3 Å². The number of nitrogen functional groups attached to an aromatic ring is 1. The molecule has 0 radical (unpaired) electrons. The average molecular weight is 344 g/mol. The summed E-state index contributed by atoms with van der Waals surface area (Å²) < 4.78 is 0.863. The number of nitrogens with zero attached hydrogens (tertiary/aromatic N) is 3. The topological polar surface area (TPSA) is 87.6 Å². The van der Waals surface area contributed by atoms with Gasteiger partial charge in [-0.15, -0.1) is 0 Å². The number of nitrogens with two attached hydrogens (primary N) is 1. The Labute approximate surface area is 131 Å². The van der Waals surface area contributed by atoms with Crippen molar-refractivity contribution in [2.24, 2.45) is 0 Å². The van der Waals surface area contributed by atoms with Crippen molar-refractivity contribution >= 4 is 33.3 Å². The predicted molar refractivity (Wildman–Crippen MR) is 85.3 cm³/mol. The number of aromatic nitrogens is 2. The Balaban J connectivity index is 2.00. The van der Waals surface area contributed by atoms with Gasteiger partial charge in [-0.05, 0) is 38.0 Å². The van der Waals surface area contributed by atoms with Crippen LogP contribution in [0, 0.1) is 18.3 Å². The van der Waals surface area contributed by atoms with Crippen LogP contribution in [0.1, 0.15) is 35.7 Å². The Morgan fingerprint density at radius 3 is 2.81 bits per heavy atom. The zero-order valence-electron chi connectivity index (χ0n) is 11.5. The summed E-state index contributed by atoms with van der Waals surface area (Å²) in [5, 5.41) is 12.4. The van der Waals surface area contributed by atoms with Gasteiger partial charge in [-0.2, -0.15) is 5.26 Å². The summed E-state index contributed by atoms with van der Waals surface area (Å²) >= 11 is 3.36. The highest BCUT2D eigenvalue weighted by Crippen LogP contribution is 2.39. The number of rotatable bonds is 3. The van der Waals surface area contributed by atoms with E-state index in [1.165, 1.54) is 0 Å². The van der Waals surface area contributed by atoms with E-state index in [9.17, 15) is 5.26 Å². The monoisotopic (exact) mass is 343 g/mol. The summed E-state index contributed by atoms with van der Waals surface area (Å²) in [5.41, 5.74) is 8.03. The van der Waals surface area contributed by atoms with Crippen LogP contribution < -0.4 is 11.1 Å². The minimum absolute atomic E-state index is 0.425. The molecular formula is C15H14BrN5. The molecule has 1 aromatic heterocycles. The summed E-state index contributed by atoms with van der Waals surface area (Å²) in [5.74, 6) is 2.37. The highest BCUT2D eigenvalue weighted by Gasteiger charge is 2.28. The lowest BCUT2D eigenvalue weighted by molar-refractivity contribution is 0.927. The zero-order chi connectivity index (χ0) is 15.0. The van der Waals surface area contributed by atoms with Crippen molar-refractivity contribution in [3.05, 3.63) is 39.6 Å². The van der Waals surface area contributed by atoms with Crippen LogP contribution in [0.3, 0.4) is 0 Å². The third-order valence-corrected chi connectivity index (χ3v) is 3.99. The largest absolute Gasteiger partial charge is 0.383 e. The molecule has 0 unspecified atom stereocenters. The average Bonchev–Trinajstić information content (AvgIpc) is 3.29. The number of anilines is 3. The van der Waals surface area contributed by atoms with E-state index in [-0.39, 0.29) is 0 Å². The Morgan fingerprint density at radius 2 is 2.14 bits per heavy atom. The Morgan fingerprint density at radius 1 is 1.38 bits per heavy atom. The molecule has 0 amide bonds. The molecule has 1 saturated carbocycles. The summed E-state index contributed by atoms with van der Waals surface area (Å²) in [4.78, 5) is 8.91. The molecule has 1 heterocycles. The lowest BCUT2D eigenvalue weighted by Gasteiger charge is -2.13. The number of hydrogen-bond acceptors (Lipinski definition) is 5. The lowest BCUT2D eigenvalue weighted by Crippen LogP contribution is -2.07. The summed E-state index contributed by atoms with van der Waals surface area (Å²) in [7, 11) is 0. The van der Waals surface area contributed by atoms with Gasteiger partial charge >= 0.3 is 0 Å². The van der Waals surface area contributed by atoms with E-state index < -0.39 is 0 Å². The van der Waals surface area contributed by atoms with Gasteiger partial charge in [0.15, 0.2) is 0 Å². The number of halogens is 1. The van der Waals surface area contributed by atoms with Gasteiger partial charge in [0.05, 0.1) is 11.3 Å². The van der Waals surface area contributed by atoms with Gasteiger partial charge in [-0.3, -0.25) is 0 Å². The van der Waals surface area contributed by atoms with Crippen molar-refractivity contribution in [2.45, 2.75) is 25.7 Å². The van der Waals surface area contributed by atoms with Gasteiger partial charge < -0.3 is 11.1 Å². The second-order valence-corrected chi connectivity index (χ2v) is 6.06. The van der Waals surface area contributed by atoms with Crippen LogP contribution in [0.2, 0.25) is 0 Å². The SMILES string of the molecule is Cc1c(N)nc(C2CC2)nc1Nc1ccc(Br)cc1C#N. The van der Waals surface area contributed by atoms with Crippen molar-refractivity contribution in [3.8, 4) is 6.07 Å². The summed E-state index contributed by atoms with van der Waals surface area (Å²) in [6, 6.07) is 7.67. The molecule has 2 aromatic rings. The van der Waals surface area contributed by atoms with E-state index in [0.717, 1.165) is 28.7 Å². The van der Waals surface area contributed by atoms with Gasteiger partial charge in [-0.1, -0.05) is 15.9 Å². The molecule has 5 nitrogen and oxygen atoms in total. The van der Waals surface area contributed by atoms with E-state index in [2.05, 4.69) is 37.3 Å². The van der Waals surface area contributed by atoms with Gasteiger partial charge in [0.25, 0.3) is 0 Å². The van der Waals surface area contributed by atoms with Crippen molar-refractivity contribution in [1.82, 2.24) is 9.97 Å². The first-order valence-corrected chi connectivity index (χ1v) is 7.48. The molecule has 0 saturated heterocycles. The third-order valence-electron chi connectivity index (χ3n) is 3.50. The van der Waals surface area contributed by atoms with Gasteiger partial charge in [0.2, 0.25) is 0 Å². The molecule has 1 aromatic carbocycles. The molecule has 1 fully saturated rings. The first-order valence-electron chi connectivity index (χ1n) is 6.69. The smallest absolute Gasteiger partial charge is 0.139 e. The fourth-order valence-corrected chi connectivity index (χ4v) is 2.40. The van der Waals surface area contributed by atoms with Crippen LogP contribution in [0.5, 0.6) is 0 Å². The van der Waals surface area contributed by atoms with Crippen molar-refractivity contribution in [3.63, 3.8) is 0 Å². The first-order chi connectivity index (χ1) is 10.1. The van der Waals surface area contributed by atoms with Crippen LogP contribution in [0.25, 0.3) is 0 Å². The Kier molecular flexibility index (Phi) is 3.52. The second-order valence-electron chi connectivity index (χ2n) is 5.14. The van der Waals surface area contributed by atoms with Crippen LogP contribution in [0.15, 0.2) is 22.7 Å². The lowest BCUT2D eigenvalue weighted by atomic mass is 10.2. The van der Waals surface area contributed by atoms with E-state index in [0.29, 0.717) is 28.8 Å². The molecule has 0 aliphatic heterocycles. The van der Waals surface area contributed by atoms with E-state index in [4.69, 9.17) is 5.73 Å². The summed E-state index contributed by atoms with van der Waals surface area (Å²) in [6.45, 7) is 1.87. The molecule has 106 valence electrons. The molecule has 1 aliphatic carbocycles. The maximum absolute atomic E-state index is 9.23. The fourth-order valence-electron chi connectivity index (χ4n) is 2.04. The van der Waals surface area contributed by atoms with Gasteiger partial charge in [0, 0.05) is 16.0 Å². The van der Waals surface area contributed by atoms with Crippen LogP contribution in [-0.2, 0) is 0 Å². The predicted octanol–water partition coefficient (Wildman–Crippen LogP) is 3.62. The molecule has 6 heteroatoms. The Bertz CT molecular complexity index is 746. The maximum atomic E-state index is 9.23. The fraction of sp³-hybridized carbons (Fsp3) is 0.267. The molecule has 0 bridgehead atoms. The van der Waals surface area contributed by atoms with Gasteiger partial charge in [0.1, 0.15) is 23.5 Å². The van der Waals surface area contributed by atoms with E-state index in [1.807, 2.05) is 19.1 Å². The summed E-state index contributed by atoms with van der Waals surface area (Å²) in [6.07, 6.45) is 2.23. The highest BCUT2D eigenvalue weighted by atomic mass is 79.9. The molecule has 21 heavy (non-hydrogen) atoms. The second kappa shape index (κ2) is 5.34.